The molecule has 0 spiro atoms. The van der Waals surface area contributed by atoms with Crippen molar-refractivity contribution < 1.29 is 14.3 Å². The van der Waals surface area contributed by atoms with Crippen LogP contribution in [-0.4, -0.2) is 51.7 Å². The lowest BCUT2D eigenvalue weighted by Gasteiger charge is -2.29. The third-order valence-corrected chi connectivity index (χ3v) is 6.70. The summed E-state index contributed by atoms with van der Waals surface area (Å²) in [5, 5.41) is 9.96. The molecule has 216 valence electrons. The molecule has 0 bridgehead atoms. The van der Waals surface area contributed by atoms with Gasteiger partial charge in [-0.1, -0.05) is 6.08 Å². The zero-order valence-electron chi connectivity index (χ0n) is 24.4. The topological polar surface area (TPSA) is 138 Å². The number of nitrogens with one attached hydrogen (secondary N) is 3. The summed E-state index contributed by atoms with van der Waals surface area (Å²) >= 11 is 0. The third-order valence-electron chi connectivity index (χ3n) is 6.70. The Balaban J connectivity index is 1.33. The zero-order valence-corrected chi connectivity index (χ0v) is 24.4. The average molecular weight is 567 g/mol. The van der Waals surface area contributed by atoms with E-state index in [1.165, 1.54) is 6.33 Å². The number of hydrogen-bond acceptors (Lipinski definition) is 10. The van der Waals surface area contributed by atoms with E-state index in [4.69, 9.17) is 20.0 Å². The number of aromatic nitrogens is 3. The molecule has 0 atom stereocenters. The highest BCUT2D eigenvalue weighted by molar-refractivity contribution is 5.88. The summed E-state index contributed by atoms with van der Waals surface area (Å²) in [6.07, 6.45) is 3.90. The van der Waals surface area contributed by atoms with Crippen LogP contribution in [0.5, 0.6) is 11.5 Å². The number of aryl methyl sites for hydroxylation is 1. The summed E-state index contributed by atoms with van der Waals surface area (Å²) in [7, 11) is 1.78. The third kappa shape index (κ3) is 6.46. The number of rotatable bonds is 7. The van der Waals surface area contributed by atoms with Gasteiger partial charge >= 0.3 is 6.09 Å². The molecule has 1 amide bonds. The number of benzene rings is 2. The summed E-state index contributed by atoms with van der Waals surface area (Å²) in [5.41, 5.74) is 13.1. The number of ether oxygens (including phenoxy) is 2. The first-order chi connectivity index (χ1) is 20.1. The highest BCUT2D eigenvalue weighted by Gasteiger charge is 2.24. The molecular formula is C31H34N8O3. The lowest BCUT2D eigenvalue weighted by atomic mass is 10.0. The van der Waals surface area contributed by atoms with Crippen LogP contribution >= 0.6 is 0 Å². The number of fused-ring (bicyclic) bond motifs is 1. The normalized spacial score (nSPS) is 13.4. The van der Waals surface area contributed by atoms with Gasteiger partial charge in [0.1, 0.15) is 34.6 Å². The second kappa shape index (κ2) is 11.8. The number of amides is 1. The zero-order chi connectivity index (χ0) is 29.9. The van der Waals surface area contributed by atoms with Crippen LogP contribution in [-0.2, 0) is 4.74 Å². The maximum Gasteiger partial charge on any atom is 0.410 e. The van der Waals surface area contributed by atoms with Gasteiger partial charge in [-0.05, 0) is 87.7 Å². The minimum Gasteiger partial charge on any atom is -0.457 e. The Kier molecular flexibility index (Phi) is 8.01. The molecule has 0 saturated heterocycles. The minimum absolute atomic E-state index is 0.310. The SMILES string of the molecule is CNc1ccc(Oc2ccc(Nc3ncnc4ccc(C5=CCN(C(=O)OC(C)(C)C)CC5)nc34)cc2C)cc1N=N. The first-order valence-corrected chi connectivity index (χ1v) is 13.7. The molecule has 3 heterocycles. The molecule has 0 saturated carbocycles. The van der Waals surface area contributed by atoms with Gasteiger partial charge in [-0.2, -0.15) is 5.11 Å². The van der Waals surface area contributed by atoms with E-state index in [9.17, 15) is 4.79 Å². The van der Waals surface area contributed by atoms with Gasteiger partial charge in [0.2, 0.25) is 0 Å². The molecule has 3 N–H and O–H groups in total. The average Bonchev–Trinajstić information content (AvgIpc) is 2.97. The molecule has 0 radical (unpaired) electrons. The van der Waals surface area contributed by atoms with Crippen molar-refractivity contribution in [2.75, 3.05) is 30.8 Å². The van der Waals surface area contributed by atoms with E-state index in [1.54, 1.807) is 18.0 Å². The molecule has 0 aliphatic carbocycles. The quantitative estimate of drug-likeness (QED) is 0.194. The predicted octanol–water partition coefficient (Wildman–Crippen LogP) is 7.60. The monoisotopic (exact) mass is 566 g/mol. The number of carbonyl (C=O) groups excluding carboxylic acids is 1. The van der Waals surface area contributed by atoms with Crippen molar-refractivity contribution in [3.8, 4) is 11.5 Å². The fourth-order valence-corrected chi connectivity index (χ4v) is 4.59. The molecule has 42 heavy (non-hydrogen) atoms. The Morgan fingerprint density at radius 2 is 1.93 bits per heavy atom. The Morgan fingerprint density at radius 3 is 2.62 bits per heavy atom. The highest BCUT2D eigenvalue weighted by Crippen LogP contribution is 2.34. The van der Waals surface area contributed by atoms with E-state index in [1.807, 2.05) is 76.2 Å². The molecule has 2 aromatic heterocycles. The number of pyridine rings is 1. The second-order valence-corrected chi connectivity index (χ2v) is 10.9. The molecule has 1 aliphatic heterocycles. The van der Waals surface area contributed by atoms with E-state index in [0.717, 1.165) is 33.7 Å². The number of carbonyl (C=O) groups is 1. The van der Waals surface area contributed by atoms with Crippen LogP contribution in [0, 0.1) is 12.5 Å². The van der Waals surface area contributed by atoms with Crippen LogP contribution in [0.4, 0.5) is 27.7 Å². The van der Waals surface area contributed by atoms with Crippen LogP contribution in [0.1, 0.15) is 38.4 Å². The summed E-state index contributed by atoms with van der Waals surface area (Å²) in [5.74, 6) is 1.87. The Morgan fingerprint density at radius 1 is 1.10 bits per heavy atom. The van der Waals surface area contributed by atoms with Gasteiger partial charge < -0.3 is 25.0 Å². The molecule has 11 heteroatoms. The van der Waals surface area contributed by atoms with Crippen molar-refractivity contribution in [1.82, 2.24) is 19.9 Å². The number of hydrogen-bond donors (Lipinski definition) is 3. The molecule has 2 aromatic carbocycles. The molecule has 4 aromatic rings. The van der Waals surface area contributed by atoms with Crippen LogP contribution in [0.25, 0.3) is 16.6 Å². The molecule has 0 unspecified atom stereocenters. The van der Waals surface area contributed by atoms with Crippen LogP contribution < -0.4 is 15.4 Å². The van der Waals surface area contributed by atoms with Crippen molar-refractivity contribution in [3.05, 3.63) is 72.2 Å². The highest BCUT2D eigenvalue weighted by atomic mass is 16.6. The summed E-state index contributed by atoms with van der Waals surface area (Å²) in [6, 6.07) is 15.0. The van der Waals surface area contributed by atoms with Gasteiger partial charge in [-0.15, -0.1) is 0 Å². The standard InChI is InChI=1S/C31H34N8O3/c1-19-16-21(6-11-27(19)41-22-7-8-24(33-5)26(17-22)38-32)36-29-28-25(34-18-35-29)10-9-23(37-28)20-12-14-39(15-13-20)30(40)42-31(2,3)4/h6-12,16-18,32-33H,13-15H2,1-5H3,(H,34,35,36). The van der Waals surface area contributed by atoms with Gasteiger partial charge in [0.15, 0.2) is 5.82 Å². The van der Waals surface area contributed by atoms with E-state index < -0.39 is 5.60 Å². The smallest absolute Gasteiger partial charge is 0.410 e. The molecule has 11 nitrogen and oxygen atoms in total. The number of nitrogens with zero attached hydrogens (tertiary/aromatic N) is 5. The first kappa shape index (κ1) is 28.5. The van der Waals surface area contributed by atoms with Crippen molar-refractivity contribution in [2.45, 2.75) is 39.7 Å². The van der Waals surface area contributed by atoms with Gasteiger partial charge in [-0.3, -0.25) is 0 Å². The lowest BCUT2D eigenvalue weighted by Crippen LogP contribution is -2.39. The van der Waals surface area contributed by atoms with Gasteiger partial charge in [0.05, 0.1) is 16.9 Å². The Labute approximate surface area is 244 Å². The minimum atomic E-state index is -0.530. The van der Waals surface area contributed by atoms with E-state index in [0.29, 0.717) is 48.0 Å². The number of anilines is 3. The van der Waals surface area contributed by atoms with Crippen LogP contribution in [0.15, 0.2) is 66.0 Å². The molecule has 1 aliphatic rings. The van der Waals surface area contributed by atoms with E-state index >= 15 is 0 Å². The summed E-state index contributed by atoms with van der Waals surface area (Å²) in [4.78, 5) is 27.9. The van der Waals surface area contributed by atoms with Crippen molar-refractivity contribution in [1.29, 1.82) is 5.53 Å². The second-order valence-electron chi connectivity index (χ2n) is 10.9. The van der Waals surface area contributed by atoms with E-state index in [-0.39, 0.29) is 6.09 Å². The van der Waals surface area contributed by atoms with Crippen LogP contribution in [0.3, 0.4) is 0 Å². The first-order valence-electron chi connectivity index (χ1n) is 13.7. The van der Waals surface area contributed by atoms with Gasteiger partial charge in [0, 0.05) is 31.9 Å². The van der Waals surface area contributed by atoms with Crippen molar-refractivity contribution in [3.63, 3.8) is 0 Å². The maximum absolute atomic E-state index is 12.4. The van der Waals surface area contributed by atoms with Crippen LogP contribution in [0.2, 0.25) is 0 Å². The van der Waals surface area contributed by atoms with Gasteiger partial charge in [0.25, 0.3) is 0 Å². The fourth-order valence-electron chi connectivity index (χ4n) is 4.59. The summed E-state index contributed by atoms with van der Waals surface area (Å²) < 4.78 is 11.6. The molecular weight excluding hydrogens is 532 g/mol. The van der Waals surface area contributed by atoms with Crippen molar-refractivity contribution in [2.24, 2.45) is 5.11 Å². The lowest BCUT2D eigenvalue weighted by molar-refractivity contribution is 0.0270. The fraction of sp³-hybridized carbons (Fsp3) is 0.290. The maximum atomic E-state index is 12.4. The van der Waals surface area contributed by atoms with Crippen molar-refractivity contribution >= 4 is 45.6 Å². The molecule has 5 rings (SSSR count). The largest absolute Gasteiger partial charge is 0.457 e. The summed E-state index contributed by atoms with van der Waals surface area (Å²) in [6.45, 7) is 8.58. The Bertz CT molecular complexity index is 1680. The van der Waals surface area contributed by atoms with E-state index in [2.05, 4.69) is 25.7 Å². The molecule has 0 fully saturated rings. The predicted molar refractivity (Wildman–Crippen MR) is 163 cm³/mol. The van der Waals surface area contributed by atoms with Gasteiger partial charge in [-0.25, -0.2) is 25.3 Å². The Hall–Kier alpha value is -5.06.